The van der Waals surface area contributed by atoms with Gasteiger partial charge in [-0.1, -0.05) is 0 Å². The maximum absolute atomic E-state index is 5.73. The molecule has 1 aromatic rings. The number of hydrogen-bond donors (Lipinski definition) is 1. The van der Waals surface area contributed by atoms with Crippen LogP contribution in [0.4, 0.5) is 5.69 Å². The third-order valence-electron chi connectivity index (χ3n) is 2.72. The number of benzene rings is 1. The molecule has 0 bridgehead atoms. The summed E-state index contributed by atoms with van der Waals surface area (Å²) in [7, 11) is 2.09. The number of nitrogens with two attached hydrogens (primary N) is 1. The second-order valence-electron chi connectivity index (χ2n) is 4.26. The van der Waals surface area contributed by atoms with Gasteiger partial charge in [0.15, 0.2) is 0 Å². The van der Waals surface area contributed by atoms with Crippen molar-refractivity contribution in [2.24, 2.45) is 0 Å². The van der Waals surface area contributed by atoms with E-state index in [1.807, 2.05) is 18.2 Å². The summed E-state index contributed by atoms with van der Waals surface area (Å²) in [5, 5.41) is 0. The molecular formula is C12H17BrN2O2. The molecule has 2 rings (SSSR count). The van der Waals surface area contributed by atoms with Gasteiger partial charge in [0.05, 0.1) is 11.1 Å². The maximum Gasteiger partial charge on any atom is 0.135 e. The zero-order valence-electron chi connectivity index (χ0n) is 9.86. The van der Waals surface area contributed by atoms with Gasteiger partial charge in [0.1, 0.15) is 18.5 Å². The molecule has 0 aromatic heterocycles. The van der Waals surface area contributed by atoms with Gasteiger partial charge < -0.3 is 20.1 Å². The molecule has 0 saturated carbocycles. The summed E-state index contributed by atoms with van der Waals surface area (Å²) < 4.78 is 12.3. The lowest BCUT2D eigenvalue weighted by atomic mass is 10.3. The smallest absolute Gasteiger partial charge is 0.135 e. The van der Waals surface area contributed by atoms with E-state index < -0.39 is 0 Å². The minimum atomic E-state index is 0.127. The van der Waals surface area contributed by atoms with Crippen LogP contribution >= 0.6 is 15.9 Å². The highest BCUT2D eigenvalue weighted by atomic mass is 79.9. The van der Waals surface area contributed by atoms with Crippen LogP contribution in [0.25, 0.3) is 0 Å². The molecule has 1 saturated heterocycles. The molecule has 0 spiro atoms. The molecule has 5 heteroatoms. The Labute approximate surface area is 110 Å². The molecule has 0 aliphatic carbocycles. The zero-order chi connectivity index (χ0) is 12.3. The Hall–Kier alpha value is -0.780. The Bertz CT molecular complexity index is 387. The molecule has 0 radical (unpaired) electrons. The largest absolute Gasteiger partial charge is 0.490 e. The lowest BCUT2D eigenvalue weighted by Crippen LogP contribution is -2.42. The summed E-state index contributed by atoms with van der Waals surface area (Å²) in [4.78, 5) is 2.24. The van der Waals surface area contributed by atoms with E-state index in [0.29, 0.717) is 12.3 Å². The van der Waals surface area contributed by atoms with Gasteiger partial charge in [-0.25, -0.2) is 0 Å². The standard InChI is InChI=1S/C12H17BrN2O2/c1-15-4-5-16-10(7-15)8-17-12-6-9(14)2-3-11(12)13/h2-3,6,10H,4-5,7-8,14H2,1H3. The fourth-order valence-corrected chi connectivity index (χ4v) is 2.14. The first-order valence-corrected chi connectivity index (χ1v) is 6.42. The van der Waals surface area contributed by atoms with Crippen LogP contribution in [0.2, 0.25) is 0 Å². The van der Waals surface area contributed by atoms with Crippen molar-refractivity contribution in [2.75, 3.05) is 39.1 Å². The van der Waals surface area contributed by atoms with Gasteiger partial charge in [-0.2, -0.15) is 0 Å². The third kappa shape index (κ3) is 3.59. The van der Waals surface area contributed by atoms with E-state index in [2.05, 4.69) is 27.9 Å². The summed E-state index contributed by atoms with van der Waals surface area (Å²) >= 11 is 3.44. The second-order valence-corrected chi connectivity index (χ2v) is 5.11. The topological polar surface area (TPSA) is 47.7 Å². The van der Waals surface area contributed by atoms with Crippen molar-refractivity contribution in [2.45, 2.75) is 6.10 Å². The van der Waals surface area contributed by atoms with E-state index in [4.69, 9.17) is 15.2 Å². The number of nitrogen functional groups attached to an aromatic ring is 1. The summed E-state index contributed by atoms with van der Waals surface area (Å²) in [6.07, 6.45) is 0.127. The van der Waals surface area contributed by atoms with Crippen molar-refractivity contribution in [3.63, 3.8) is 0 Å². The fraction of sp³-hybridized carbons (Fsp3) is 0.500. The first-order valence-electron chi connectivity index (χ1n) is 5.63. The van der Waals surface area contributed by atoms with Crippen LogP contribution in [0, 0.1) is 0 Å². The Morgan fingerprint density at radius 2 is 2.41 bits per heavy atom. The number of ether oxygens (including phenoxy) is 2. The lowest BCUT2D eigenvalue weighted by Gasteiger charge is -2.29. The maximum atomic E-state index is 5.73. The van der Waals surface area contributed by atoms with Gasteiger partial charge in [0.2, 0.25) is 0 Å². The van der Waals surface area contributed by atoms with Crippen molar-refractivity contribution < 1.29 is 9.47 Å². The summed E-state index contributed by atoms with van der Waals surface area (Å²) in [6, 6.07) is 5.54. The minimum absolute atomic E-state index is 0.127. The third-order valence-corrected chi connectivity index (χ3v) is 3.38. The van der Waals surface area contributed by atoms with Crippen LogP contribution in [-0.4, -0.2) is 44.4 Å². The molecule has 2 N–H and O–H groups in total. The first-order chi connectivity index (χ1) is 8.15. The molecule has 0 amide bonds. The molecule has 1 heterocycles. The molecule has 17 heavy (non-hydrogen) atoms. The van der Waals surface area contributed by atoms with Crippen LogP contribution in [0.1, 0.15) is 0 Å². The average Bonchev–Trinajstić information content (AvgIpc) is 2.30. The van der Waals surface area contributed by atoms with E-state index in [9.17, 15) is 0 Å². The van der Waals surface area contributed by atoms with Gasteiger partial charge in [0.25, 0.3) is 0 Å². The highest BCUT2D eigenvalue weighted by Gasteiger charge is 2.18. The quantitative estimate of drug-likeness (QED) is 0.864. The number of rotatable bonds is 3. The van der Waals surface area contributed by atoms with E-state index in [0.717, 1.165) is 29.9 Å². The van der Waals surface area contributed by atoms with Gasteiger partial charge >= 0.3 is 0 Å². The number of hydrogen-bond acceptors (Lipinski definition) is 4. The van der Waals surface area contributed by atoms with E-state index in [1.165, 1.54) is 0 Å². The van der Waals surface area contributed by atoms with Gasteiger partial charge in [-0.3, -0.25) is 0 Å². The minimum Gasteiger partial charge on any atom is -0.490 e. The number of nitrogens with zero attached hydrogens (tertiary/aromatic N) is 1. The molecule has 1 aromatic carbocycles. The predicted octanol–water partition coefficient (Wildman–Crippen LogP) is 1.74. The zero-order valence-corrected chi connectivity index (χ0v) is 11.4. The van der Waals surface area contributed by atoms with Gasteiger partial charge in [0, 0.05) is 24.8 Å². The summed E-state index contributed by atoms with van der Waals surface area (Å²) in [5.41, 5.74) is 6.42. The van der Waals surface area contributed by atoms with Gasteiger partial charge in [-0.05, 0) is 35.1 Å². The molecule has 94 valence electrons. The Morgan fingerprint density at radius 1 is 1.59 bits per heavy atom. The van der Waals surface area contributed by atoms with Crippen LogP contribution < -0.4 is 10.5 Å². The molecule has 1 unspecified atom stereocenters. The number of halogens is 1. The Kier molecular flexibility index (Phi) is 4.25. The average molecular weight is 301 g/mol. The SMILES string of the molecule is CN1CCOC(COc2cc(N)ccc2Br)C1. The van der Waals surface area contributed by atoms with Crippen molar-refractivity contribution >= 4 is 21.6 Å². The Balaban J connectivity index is 1.90. The van der Waals surface area contributed by atoms with Gasteiger partial charge in [-0.15, -0.1) is 0 Å². The van der Waals surface area contributed by atoms with Crippen molar-refractivity contribution in [1.82, 2.24) is 4.90 Å². The molecule has 1 aliphatic rings. The van der Waals surface area contributed by atoms with Crippen molar-refractivity contribution in [1.29, 1.82) is 0 Å². The van der Waals surface area contributed by atoms with Crippen LogP contribution in [0.3, 0.4) is 0 Å². The number of likely N-dealkylation sites (N-methyl/N-ethyl adjacent to an activating group) is 1. The van der Waals surface area contributed by atoms with E-state index in [-0.39, 0.29) is 6.10 Å². The molecule has 4 nitrogen and oxygen atoms in total. The van der Waals surface area contributed by atoms with E-state index >= 15 is 0 Å². The van der Waals surface area contributed by atoms with E-state index in [1.54, 1.807) is 0 Å². The normalized spacial score (nSPS) is 21.4. The number of morpholine rings is 1. The molecule has 1 aliphatic heterocycles. The van der Waals surface area contributed by atoms with Crippen LogP contribution in [0.5, 0.6) is 5.75 Å². The van der Waals surface area contributed by atoms with Crippen molar-refractivity contribution in [3.8, 4) is 5.75 Å². The molecule has 1 atom stereocenters. The number of anilines is 1. The monoisotopic (exact) mass is 300 g/mol. The highest BCUT2D eigenvalue weighted by molar-refractivity contribution is 9.10. The Morgan fingerprint density at radius 3 is 3.18 bits per heavy atom. The van der Waals surface area contributed by atoms with Crippen LogP contribution in [-0.2, 0) is 4.74 Å². The van der Waals surface area contributed by atoms with Crippen LogP contribution in [0.15, 0.2) is 22.7 Å². The first kappa shape index (κ1) is 12.7. The summed E-state index contributed by atoms with van der Waals surface area (Å²) in [5.74, 6) is 0.766. The van der Waals surface area contributed by atoms with Crippen molar-refractivity contribution in [3.05, 3.63) is 22.7 Å². The second kappa shape index (κ2) is 5.71. The fourth-order valence-electron chi connectivity index (χ4n) is 1.78. The predicted molar refractivity (Wildman–Crippen MR) is 71.3 cm³/mol. The summed E-state index contributed by atoms with van der Waals surface area (Å²) in [6.45, 7) is 3.20. The lowest BCUT2D eigenvalue weighted by molar-refractivity contribution is -0.0404. The molecular weight excluding hydrogens is 284 g/mol. The molecule has 1 fully saturated rings. The highest BCUT2D eigenvalue weighted by Crippen LogP contribution is 2.27.